The minimum Gasteiger partial charge on any atom is -0.433 e. The van der Waals surface area contributed by atoms with Crippen LogP contribution in [0.3, 0.4) is 0 Å². The van der Waals surface area contributed by atoms with E-state index in [9.17, 15) is 8.78 Å². The second-order valence-electron chi connectivity index (χ2n) is 4.07. The summed E-state index contributed by atoms with van der Waals surface area (Å²) < 4.78 is 32.0. The first-order valence-electron chi connectivity index (χ1n) is 5.56. The Morgan fingerprint density at radius 1 is 1.26 bits per heavy atom. The van der Waals surface area contributed by atoms with Crippen molar-refractivity contribution in [2.75, 3.05) is 12.1 Å². The summed E-state index contributed by atoms with van der Waals surface area (Å²) in [5, 5.41) is 1.40. The molecule has 0 radical (unpaired) electrons. The molecule has 0 atom stereocenters. The van der Waals surface area contributed by atoms with E-state index in [1.807, 2.05) is 0 Å². The first-order chi connectivity index (χ1) is 8.99. The van der Waals surface area contributed by atoms with Crippen LogP contribution in [0.25, 0.3) is 0 Å². The van der Waals surface area contributed by atoms with Gasteiger partial charge in [0, 0.05) is 13.1 Å². The molecule has 100 valence electrons. The third-order valence-electron chi connectivity index (χ3n) is 2.56. The lowest BCUT2D eigenvalue weighted by atomic mass is 10.2. The summed E-state index contributed by atoms with van der Waals surface area (Å²) in [4.78, 5) is 3.96. The van der Waals surface area contributed by atoms with Crippen LogP contribution in [0.1, 0.15) is 5.56 Å². The molecule has 0 saturated heterocycles. The Balaban J connectivity index is 2.32. The zero-order chi connectivity index (χ0) is 14.0. The van der Waals surface area contributed by atoms with Crippen molar-refractivity contribution in [1.82, 2.24) is 4.98 Å². The summed E-state index contributed by atoms with van der Waals surface area (Å²) in [5.74, 6) is 3.68. The number of hydrazine groups is 1. The fourth-order valence-corrected chi connectivity index (χ4v) is 1.63. The highest BCUT2D eigenvalue weighted by molar-refractivity contribution is 5.51. The summed E-state index contributed by atoms with van der Waals surface area (Å²) in [6, 6.07) is 5.06. The Hall–Kier alpha value is -2.21. The molecule has 0 saturated carbocycles. The van der Waals surface area contributed by atoms with E-state index in [1.165, 1.54) is 17.3 Å². The van der Waals surface area contributed by atoms with Gasteiger partial charge in [0.1, 0.15) is 0 Å². The molecule has 0 spiro atoms. The van der Waals surface area contributed by atoms with Gasteiger partial charge in [0.15, 0.2) is 11.6 Å². The molecule has 0 unspecified atom stereocenters. The number of aromatic nitrogens is 1. The van der Waals surface area contributed by atoms with Crippen LogP contribution >= 0.6 is 0 Å². The Kier molecular flexibility index (Phi) is 3.62. The Morgan fingerprint density at radius 3 is 2.42 bits per heavy atom. The number of aryl methyl sites for hydroxylation is 1. The second kappa shape index (κ2) is 5.19. The Morgan fingerprint density at radius 2 is 1.89 bits per heavy atom. The lowest BCUT2D eigenvalue weighted by Gasteiger charge is -2.15. The minimum atomic E-state index is -0.778. The normalized spacial score (nSPS) is 10.4. The van der Waals surface area contributed by atoms with Gasteiger partial charge >= 0.3 is 0 Å². The standard InChI is InChI=1S/C13H13F2N3O/c1-8-6-12(17-7-11(8)18(2)16)19-13-9(14)4-3-5-10(13)15/h3-7H,16H2,1-2H3. The topological polar surface area (TPSA) is 51.4 Å². The fourth-order valence-electron chi connectivity index (χ4n) is 1.63. The molecule has 2 rings (SSSR count). The van der Waals surface area contributed by atoms with Crippen LogP contribution in [0.5, 0.6) is 11.6 Å². The maximum absolute atomic E-state index is 13.4. The number of rotatable bonds is 3. The van der Waals surface area contributed by atoms with E-state index in [1.54, 1.807) is 20.0 Å². The average Bonchev–Trinajstić information content (AvgIpc) is 2.33. The number of anilines is 1. The summed E-state index contributed by atoms with van der Waals surface area (Å²) in [7, 11) is 1.67. The van der Waals surface area contributed by atoms with Crippen molar-refractivity contribution in [3.05, 3.63) is 47.7 Å². The number of para-hydroxylation sites is 1. The maximum atomic E-state index is 13.4. The number of pyridine rings is 1. The number of hydrogen-bond acceptors (Lipinski definition) is 4. The van der Waals surface area contributed by atoms with Crippen molar-refractivity contribution in [3.8, 4) is 11.6 Å². The van der Waals surface area contributed by atoms with Gasteiger partial charge < -0.3 is 9.75 Å². The Bertz CT molecular complexity index is 582. The first kappa shape index (κ1) is 13.2. The Labute approximate surface area is 109 Å². The highest BCUT2D eigenvalue weighted by atomic mass is 19.1. The van der Waals surface area contributed by atoms with Crippen molar-refractivity contribution in [2.45, 2.75) is 6.92 Å². The predicted molar refractivity (Wildman–Crippen MR) is 68.0 cm³/mol. The molecule has 0 bridgehead atoms. The molecule has 4 nitrogen and oxygen atoms in total. The molecule has 0 aliphatic carbocycles. The van der Waals surface area contributed by atoms with Crippen LogP contribution in [0.2, 0.25) is 0 Å². The maximum Gasteiger partial charge on any atom is 0.219 e. The first-order valence-corrected chi connectivity index (χ1v) is 5.56. The quantitative estimate of drug-likeness (QED) is 0.685. The fraction of sp³-hybridized carbons (Fsp3) is 0.154. The molecular weight excluding hydrogens is 252 g/mol. The molecule has 6 heteroatoms. The highest BCUT2D eigenvalue weighted by Gasteiger charge is 2.12. The van der Waals surface area contributed by atoms with Gasteiger partial charge in [-0.25, -0.2) is 19.6 Å². The van der Waals surface area contributed by atoms with Gasteiger partial charge in [0.2, 0.25) is 11.6 Å². The zero-order valence-electron chi connectivity index (χ0n) is 10.5. The van der Waals surface area contributed by atoms with E-state index in [-0.39, 0.29) is 5.88 Å². The smallest absolute Gasteiger partial charge is 0.219 e. The molecule has 19 heavy (non-hydrogen) atoms. The van der Waals surface area contributed by atoms with Gasteiger partial charge in [-0.05, 0) is 24.6 Å². The number of nitrogens with two attached hydrogens (primary N) is 1. The van der Waals surface area contributed by atoms with Crippen LogP contribution in [0, 0.1) is 18.6 Å². The SMILES string of the molecule is Cc1cc(Oc2c(F)cccc2F)ncc1N(C)N. The van der Waals surface area contributed by atoms with Crippen LogP contribution in [-0.2, 0) is 0 Å². The lowest BCUT2D eigenvalue weighted by molar-refractivity contribution is 0.395. The van der Waals surface area contributed by atoms with Crippen molar-refractivity contribution in [1.29, 1.82) is 0 Å². The molecule has 2 aromatic rings. The lowest BCUT2D eigenvalue weighted by Crippen LogP contribution is -2.25. The van der Waals surface area contributed by atoms with E-state index < -0.39 is 17.4 Å². The van der Waals surface area contributed by atoms with Gasteiger partial charge in [-0.3, -0.25) is 0 Å². The van der Waals surface area contributed by atoms with Crippen molar-refractivity contribution in [2.24, 2.45) is 5.84 Å². The zero-order valence-corrected chi connectivity index (χ0v) is 10.5. The van der Waals surface area contributed by atoms with Crippen LogP contribution in [0.4, 0.5) is 14.5 Å². The molecule has 0 aliphatic heterocycles. The predicted octanol–water partition coefficient (Wildman–Crippen LogP) is 2.77. The molecule has 1 heterocycles. The van der Waals surface area contributed by atoms with Crippen LogP contribution in [0.15, 0.2) is 30.5 Å². The minimum absolute atomic E-state index is 0.104. The third-order valence-corrected chi connectivity index (χ3v) is 2.56. The number of nitrogens with zero attached hydrogens (tertiary/aromatic N) is 2. The van der Waals surface area contributed by atoms with E-state index in [2.05, 4.69) is 4.98 Å². The van der Waals surface area contributed by atoms with Crippen molar-refractivity contribution < 1.29 is 13.5 Å². The molecular formula is C13H13F2N3O. The van der Waals surface area contributed by atoms with E-state index in [4.69, 9.17) is 10.6 Å². The van der Waals surface area contributed by atoms with Gasteiger partial charge in [-0.15, -0.1) is 0 Å². The van der Waals surface area contributed by atoms with Crippen LogP contribution in [-0.4, -0.2) is 12.0 Å². The van der Waals surface area contributed by atoms with E-state index in [0.29, 0.717) is 5.69 Å². The third kappa shape index (κ3) is 2.79. The summed E-state index contributed by atoms with van der Waals surface area (Å²) in [6.45, 7) is 1.80. The number of benzene rings is 1. The van der Waals surface area contributed by atoms with Gasteiger partial charge in [-0.1, -0.05) is 6.07 Å². The van der Waals surface area contributed by atoms with Crippen molar-refractivity contribution in [3.63, 3.8) is 0 Å². The summed E-state index contributed by atoms with van der Waals surface area (Å²) in [5.41, 5.74) is 1.48. The molecule has 2 N–H and O–H groups in total. The number of hydrogen-bond donors (Lipinski definition) is 1. The largest absolute Gasteiger partial charge is 0.433 e. The highest BCUT2D eigenvalue weighted by Crippen LogP contribution is 2.28. The summed E-state index contributed by atoms with van der Waals surface area (Å²) >= 11 is 0. The van der Waals surface area contributed by atoms with E-state index in [0.717, 1.165) is 17.7 Å². The second-order valence-corrected chi connectivity index (χ2v) is 4.07. The molecule has 1 aromatic carbocycles. The number of halogens is 2. The molecule has 0 fully saturated rings. The monoisotopic (exact) mass is 265 g/mol. The molecule has 1 aromatic heterocycles. The van der Waals surface area contributed by atoms with Gasteiger partial charge in [-0.2, -0.15) is 0 Å². The van der Waals surface area contributed by atoms with Crippen molar-refractivity contribution >= 4 is 5.69 Å². The number of ether oxygens (including phenoxy) is 1. The summed E-state index contributed by atoms with van der Waals surface area (Å²) in [6.07, 6.45) is 1.48. The van der Waals surface area contributed by atoms with Gasteiger partial charge in [0.25, 0.3) is 0 Å². The molecule has 0 aliphatic rings. The van der Waals surface area contributed by atoms with Crippen LogP contribution < -0.4 is 15.6 Å². The average molecular weight is 265 g/mol. The molecule has 0 amide bonds. The van der Waals surface area contributed by atoms with E-state index >= 15 is 0 Å². The van der Waals surface area contributed by atoms with Gasteiger partial charge in [0.05, 0.1) is 11.9 Å².